The van der Waals surface area contributed by atoms with Crippen LogP contribution in [0.1, 0.15) is 41.6 Å². The maximum atomic E-state index is 15.4. The molecular formula is C40H45N3O4S. The number of aliphatic hydroxyl groups is 1. The van der Waals surface area contributed by atoms with Crippen LogP contribution in [-0.2, 0) is 20.9 Å². The number of hydrogen-bond donors (Lipinski definition) is 1. The Balaban J connectivity index is 1.49. The molecule has 3 amide bonds. The topological polar surface area (TPSA) is 81.2 Å². The van der Waals surface area contributed by atoms with Crippen LogP contribution >= 0.6 is 11.8 Å². The molecule has 3 heterocycles. The van der Waals surface area contributed by atoms with Crippen LogP contribution in [0.15, 0.2) is 104 Å². The lowest BCUT2D eigenvalue weighted by Gasteiger charge is -2.42. The van der Waals surface area contributed by atoms with Crippen LogP contribution in [0.5, 0.6) is 0 Å². The van der Waals surface area contributed by atoms with E-state index in [0.717, 1.165) is 34.4 Å². The molecule has 6 rings (SSSR count). The van der Waals surface area contributed by atoms with Crippen LogP contribution in [0, 0.1) is 31.6 Å². The van der Waals surface area contributed by atoms with Gasteiger partial charge in [0.1, 0.15) is 6.04 Å². The molecule has 1 spiro atoms. The van der Waals surface area contributed by atoms with E-state index in [0.29, 0.717) is 13.1 Å². The fourth-order valence-corrected chi connectivity index (χ4v) is 11.0. The quantitative estimate of drug-likeness (QED) is 0.237. The summed E-state index contributed by atoms with van der Waals surface area (Å²) in [6, 6.07) is 23.5. The van der Waals surface area contributed by atoms with Gasteiger partial charge in [0.15, 0.2) is 0 Å². The second-order valence-corrected chi connectivity index (χ2v) is 14.9. The van der Waals surface area contributed by atoms with Gasteiger partial charge >= 0.3 is 0 Å². The molecule has 3 aliphatic rings. The van der Waals surface area contributed by atoms with E-state index in [-0.39, 0.29) is 42.0 Å². The van der Waals surface area contributed by atoms with Gasteiger partial charge in [0, 0.05) is 30.6 Å². The summed E-state index contributed by atoms with van der Waals surface area (Å²) >= 11 is 1.65. The molecule has 3 aromatic rings. The van der Waals surface area contributed by atoms with Gasteiger partial charge in [-0.3, -0.25) is 14.4 Å². The zero-order chi connectivity index (χ0) is 34.2. The Bertz CT molecular complexity index is 1680. The summed E-state index contributed by atoms with van der Waals surface area (Å²) in [7, 11) is 0. The summed E-state index contributed by atoms with van der Waals surface area (Å²) in [5.74, 6) is -1.89. The minimum absolute atomic E-state index is 0.0231. The number of aliphatic hydroxyl groups excluding tert-OH is 1. The van der Waals surface area contributed by atoms with Crippen molar-refractivity contribution in [1.29, 1.82) is 0 Å². The van der Waals surface area contributed by atoms with E-state index in [9.17, 15) is 9.90 Å². The monoisotopic (exact) mass is 663 g/mol. The van der Waals surface area contributed by atoms with Gasteiger partial charge in [0.05, 0.1) is 29.2 Å². The van der Waals surface area contributed by atoms with Crippen LogP contribution in [0.4, 0.5) is 5.69 Å². The molecule has 7 nitrogen and oxygen atoms in total. The molecule has 3 fully saturated rings. The highest BCUT2D eigenvalue weighted by molar-refractivity contribution is 8.02. The Labute approximate surface area is 288 Å². The zero-order valence-corrected chi connectivity index (χ0v) is 28.8. The highest BCUT2D eigenvalue weighted by Gasteiger charge is 2.77. The van der Waals surface area contributed by atoms with Crippen molar-refractivity contribution in [1.82, 2.24) is 9.80 Å². The standard InChI is InChI=1S/C40H45N3O4S/c1-6-21-41(24-29-17-10-8-11-18-29)37(45)33-32-23-28(5)40(48-32)34(33)38(46)43(31(25-44)30-19-12-9-13-20-30)36(40)39(47)42(22-7-2)35-26(3)15-14-16-27(35)4/h6-20,28,31-34,36,44H,1-2,21-25H2,3-5H3/t28?,31-,32+,33-,34+,36?,40?/m1/s1. The first-order valence-corrected chi connectivity index (χ1v) is 17.6. The van der Waals surface area contributed by atoms with Crippen LogP contribution < -0.4 is 4.90 Å². The normalized spacial score (nSPS) is 26.2. The van der Waals surface area contributed by atoms with Gasteiger partial charge in [-0.15, -0.1) is 24.9 Å². The van der Waals surface area contributed by atoms with Crippen molar-refractivity contribution in [3.05, 3.63) is 126 Å². The number of fused-ring (bicyclic) bond motifs is 1. The van der Waals surface area contributed by atoms with Crippen molar-refractivity contribution in [3.63, 3.8) is 0 Å². The minimum atomic E-state index is -0.906. The highest BCUT2D eigenvalue weighted by atomic mass is 32.2. The number of amides is 3. The third-order valence-electron chi connectivity index (χ3n) is 10.6. The lowest BCUT2D eigenvalue weighted by molar-refractivity contribution is -0.146. The number of carbonyl (C=O) groups excluding carboxylic acids is 3. The Kier molecular flexibility index (Phi) is 9.68. The third kappa shape index (κ3) is 5.49. The van der Waals surface area contributed by atoms with E-state index in [2.05, 4.69) is 20.1 Å². The number of anilines is 1. The van der Waals surface area contributed by atoms with Crippen molar-refractivity contribution >= 4 is 35.2 Å². The number of thioether (sulfide) groups is 1. The number of aryl methyl sites for hydroxylation is 2. The summed E-state index contributed by atoms with van der Waals surface area (Å²) in [6.07, 6.45) is 4.16. The largest absolute Gasteiger partial charge is 0.394 e. The van der Waals surface area contributed by atoms with Crippen molar-refractivity contribution in [2.45, 2.75) is 55.8 Å². The molecule has 2 bridgehead atoms. The Morgan fingerprint density at radius 2 is 1.58 bits per heavy atom. The first-order chi connectivity index (χ1) is 23.2. The smallest absolute Gasteiger partial charge is 0.251 e. The van der Waals surface area contributed by atoms with E-state index < -0.39 is 28.7 Å². The summed E-state index contributed by atoms with van der Waals surface area (Å²) in [5.41, 5.74) is 4.44. The molecule has 8 heteroatoms. The summed E-state index contributed by atoms with van der Waals surface area (Å²) in [5, 5.41) is 10.9. The van der Waals surface area contributed by atoms with Crippen molar-refractivity contribution < 1.29 is 19.5 Å². The molecule has 3 aliphatic heterocycles. The molecule has 0 aliphatic carbocycles. The van der Waals surface area contributed by atoms with Crippen molar-refractivity contribution in [2.24, 2.45) is 17.8 Å². The van der Waals surface area contributed by atoms with Gasteiger partial charge in [-0.1, -0.05) is 97.9 Å². The van der Waals surface area contributed by atoms with Gasteiger partial charge < -0.3 is 19.8 Å². The number of nitrogens with zero attached hydrogens (tertiary/aromatic N) is 3. The number of benzene rings is 3. The van der Waals surface area contributed by atoms with Gasteiger partial charge in [0.25, 0.3) is 5.91 Å². The van der Waals surface area contributed by atoms with Crippen LogP contribution in [0.25, 0.3) is 0 Å². The average Bonchev–Trinajstić information content (AvgIpc) is 3.68. The Morgan fingerprint density at radius 3 is 2.19 bits per heavy atom. The van der Waals surface area contributed by atoms with Gasteiger partial charge in [-0.2, -0.15) is 0 Å². The summed E-state index contributed by atoms with van der Waals surface area (Å²) in [6.45, 7) is 14.7. The fourth-order valence-electron chi connectivity index (χ4n) is 8.59. The number of likely N-dealkylation sites (tertiary alicyclic amines) is 1. The third-order valence-corrected chi connectivity index (χ3v) is 12.6. The predicted molar refractivity (Wildman–Crippen MR) is 192 cm³/mol. The molecule has 0 aromatic heterocycles. The molecule has 1 N–H and O–H groups in total. The Morgan fingerprint density at radius 1 is 0.958 bits per heavy atom. The summed E-state index contributed by atoms with van der Waals surface area (Å²) in [4.78, 5) is 50.4. The molecule has 7 atom stereocenters. The van der Waals surface area contributed by atoms with Crippen molar-refractivity contribution in [2.75, 3.05) is 24.6 Å². The molecule has 0 saturated carbocycles. The first kappa shape index (κ1) is 33.7. The van der Waals surface area contributed by atoms with Gasteiger partial charge in [0.2, 0.25) is 11.8 Å². The molecule has 48 heavy (non-hydrogen) atoms. The van der Waals surface area contributed by atoms with Crippen LogP contribution in [0.2, 0.25) is 0 Å². The summed E-state index contributed by atoms with van der Waals surface area (Å²) < 4.78 is -0.857. The number of para-hydroxylation sites is 1. The number of hydrogen-bond acceptors (Lipinski definition) is 5. The van der Waals surface area contributed by atoms with Gasteiger partial charge in [-0.25, -0.2) is 0 Å². The van der Waals surface area contributed by atoms with E-state index in [1.165, 1.54) is 0 Å². The molecule has 0 radical (unpaired) electrons. The minimum Gasteiger partial charge on any atom is -0.394 e. The van der Waals surface area contributed by atoms with E-state index in [1.807, 2.05) is 92.7 Å². The maximum absolute atomic E-state index is 15.4. The second-order valence-electron chi connectivity index (χ2n) is 13.4. The average molecular weight is 664 g/mol. The predicted octanol–water partition coefficient (Wildman–Crippen LogP) is 6.11. The number of rotatable bonds is 12. The zero-order valence-electron chi connectivity index (χ0n) is 28.0. The SMILES string of the molecule is C=CCN(Cc1ccccc1)C(=O)[C@@H]1[C@@H]2CC(C)C3(S2)C(C(=O)N(CC=C)c2c(C)cccc2C)N([C@H](CO)c2ccccc2)C(=O)[C@H]13. The maximum Gasteiger partial charge on any atom is 0.251 e. The molecule has 3 aromatic carbocycles. The van der Waals surface area contributed by atoms with Crippen molar-refractivity contribution in [3.8, 4) is 0 Å². The van der Waals surface area contributed by atoms with E-state index >= 15 is 9.59 Å². The highest BCUT2D eigenvalue weighted by Crippen LogP contribution is 2.69. The van der Waals surface area contributed by atoms with E-state index in [1.54, 1.807) is 38.6 Å². The molecule has 3 saturated heterocycles. The second kappa shape index (κ2) is 13.8. The molecular weight excluding hydrogens is 619 g/mol. The Hall–Kier alpha value is -4.14. The van der Waals surface area contributed by atoms with E-state index in [4.69, 9.17) is 0 Å². The fraction of sp³-hybridized carbons (Fsp3) is 0.375. The van der Waals surface area contributed by atoms with Crippen LogP contribution in [0.3, 0.4) is 0 Å². The lowest BCUT2D eigenvalue weighted by Crippen LogP contribution is -2.58. The van der Waals surface area contributed by atoms with Gasteiger partial charge in [-0.05, 0) is 48.4 Å². The molecule has 250 valence electrons. The lowest BCUT2D eigenvalue weighted by atomic mass is 9.65. The van der Waals surface area contributed by atoms with Crippen LogP contribution in [-0.4, -0.2) is 68.4 Å². The first-order valence-electron chi connectivity index (χ1n) is 16.8. The molecule has 3 unspecified atom stereocenters. The number of carbonyl (C=O) groups is 3.